The lowest BCUT2D eigenvalue weighted by Crippen LogP contribution is -2.12. The monoisotopic (exact) mass is 439 g/mol. The zero-order valence-electron chi connectivity index (χ0n) is 19.1. The number of hydrogen-bond acceptors (Lipinski definition) is 6. The number of thiazole rings is 1. The highest BCUT2D eigenvalue weighted by molar-refractivity contribution is 7.07. The van der Waals surface area contributed by atoms with Gasteiger partial charge in [-0.05, 0) is 28.7 Å². The smallest absolute Gasteiger partial charge is 0.205 e. The van der Waals surface area contributed by atoms with Crippen LogP contribution < -0.4 is 19.0 Å². The second-order valence-electron chi connectivity index (χ2n) is 7.97. The van der Waals surface area contributed by atoms with E-state index in [4.69, 9.17) is 19.3 Å². The van der Waals surface area contributed by atoms with Gasteiger partial charge in [0.2, 0.25) is 10.6 Å². The van der Waals surface area contributed by atoms with Gasteiger partial charge in [0.25, 0.3) is 0 Å². The highest BCUT2D eigenvalue weighted by atomic mass is 32.1. The SMILES string of the molecule is CN=c1scc(-c2cc(OC)c(OC)c(OC)c2)n1N=Cc1ccc(C(C)(C)C)cc1. The Labute approximate surface area is 187 Å². The van der Waals surface area contributed by atoms with Gasteiger partial charge in [0.1, 0.15) is 0 Å². The number of hydrogen-bond donors (Lipinski definition) is 0. The van der Waals surface area contributed by atoms with Crippen molar-refractivity contribution in [3.8, 4) is 28.5 Å². The van der Waals surface area contributed by atoms with Crippen molar-refractivity contribution in [2.75, 3.05) is 28.4 Å². The zero-order valence-corrected chi connectivity index (χ0v) is 19.9. The van der Waals surface area contributed by atoms with Gasteiger partial charge < -0.3 is 14.2 Å². The van der Waals surface area contributed by atoms with Gasteiger partial charge in [-0.15, -0.1) is 11.3 Å². The fraction of sp³-hybridized carbons (Fsp3) is 0.333. The van der Waals surface area contributed by atoms with Crippen LogP contribution in [0.3, 0.4) is 0 Å². The Kier molecular flexibility index (Phi) is 6.85. The van der Waals surface area contributed by atoms with E-state index in [2.05, 4.69) is 50.0 Å². The molecule has 0 unspecified atom stereocenters. The number of methoxy groups -OCH3 is 3. The Bertz CT molecular complexity index is 1110. The van der Waals surface area contributed by atoms with Gasteiger partial charge >= 0.3 is 0 Å². The first-order chi connectivity index (χ1) is 14.8. The minimum atomic E-state index is 0.117. The molecule has 0 aliphatic carbocycles. The summed E-state index contributed by atoms with van der Waals surface area (Å²) in [4.78, 5) is 5.16. The largest absolute Gasteiger partial charge is 0.493 e. The lowest BCUT2D eigenvalue weighted by molar-refractivity contribution is 0.324. The summed E-state index contributed by atoms with van der Waals surface area (Å²) in [6.07, 6.45) is 1.84. The van der Waals surface area contributed by atoms with Gasteiger partial charge in [0, 0.05) is 18.0 Å². The molecule has 7 heteroatoms. The molecular formula is C24H29N3O3S. The van der Waals surface area contributed by atoms with E-state index in [-0.39, 0.29) is 5.41 Å². The minimum absolute atomic E-state index is 0.117. The van der Waals surface area contributed by atoms with Gasteiger partial charge in [0.05, 0.1) is 33.2 Å². The molecule has 3 aromatic rings. The van der Waals surface area contributed by atoms with E-state index in [0.29, 0.717) is 17.2 Å². The molecule has 0 atom stereocenters. The van der Waals surface area contributed by atoms with E-state index < -0.39 is 0 Å². The van der Waals surface area contributed by atoms with Crippen LogP contribution in [-0.2, 0) is 5.41 Å². The summed E-state index contributed by atoms with van der Waals surface area (Å²) in [5.74, 6) is 1.73. The Balaban J connectivity index is 2.05. The zero-order chi connectivity index (χ0) is 22.6. The van der Waals surface area contributed by atoms with Crippen molar-refractivity contribution in [3.05, 3.63) is 57.7 Å². The van der Waals surface area contributed by atoms with E-state index in [1.165, 1.54) is 16.9 Å². The first-order valence-corrected chi connectivity index (χ1v) is 10.8. The quantitative estimate of drug-likeness (QED) is 0.511. The Morgan fingerprint density at radius 3 is 2.03 bits per heavy atom. The van der Waals surface area contributed by atoms with E-state index in [1.54, 1.807) is 28.4 Å². The molecule has 6 nitrogen and oxygen atoms in total. The van der Waals surface area contributed by atoms with Crippen molar-refractivity contribution in [3.63, 3.8) is 0 Å². The van der Waals surface area contributed by atoms with Crippen molar-refractivity contribution in [2.45, 2.75) is 26.2 Å². The fourth-order valence-electron chi connectivity index (χ4n) is 3.18. The minimum Gasteiger partial charge on any atom is -0.493 e. The highest BCUT2D eigenvalue weighted by Crippen LogP contribution is 2.41. The van der Waals surface area contributed by atoms with E-state index in [1.807, 2.05) is 28.4 Å². The van der Waals surface area contributed by atoms with Crippen LogP contribution in [0.1, 0.15) is 31.9 Å². The van der Waals surface area contributed by atoms with Crippen LogP contribution in [0.5, 0.6) is 17.2 Å². The molecule has 0 aliphatic rings. The molecule has 0 saturated heterocycles. The summed E-state index contributed by atoms with van der Waals surface area (Å²) < 4.78 is 18.3. The summed E-state index contributed by atoms with van der Waals surface area (Å²) in [6.45, 7) is 6.61. The summed E-state index contributed by atoms with van der Waals surface area (Å²) in [7, 11) is 6.56. The second kappa shape index (κ2) is 9.39. The van der Waals surface area contributed by atoms with Gasteiger partial charge in [0.15, 0.2) is 11.5 Å². The number of benzene rings is 2. The first-order valence-electron chi connectivity index (χ1n) is 9.91. The van der Waals surface area contributed by atoms with Gasteiger partial charge in [-0.2, -0.15) is 5.10 Å². The normalized spacial score (nSPS) is 12.4. The molecule has 164 valence electrons. The van der Waals surface area contributed by atoms with E-state index >= 15 is 0 Å². The average molecular weight is 440 g/mol. The third-order valence-corrected chi connectivity index (χ3v) is 5.84. The van der Waals surface area contributed by atoms with Crippen molar-refractivity contribution in [2.24, 2.45) is 10.1 Å². The molecule has 1 heterocycles. The van der Waals surface area contributed by atoms with E-state index in [0.717, 1.165) is 21.6 Å². The van der Waals surface area contributed by atoms with Crippen molar-refractivity contribution >= 4 is 17.6 Å². The number of ether oxygens (including phenoxy) is 3. The lowest BCUT2D eigenvalue weighted by Gasteiger charge is -2.18. The molecule has 0 bridgehead atoms. The Hall–Kier alpha value is -3.06. The van der Waals surface area contributed by atoms with Crippen LogP contribution in [0.4, 0.5) is 0 Å². The molecule has 0 radical (unpaired) electrons. The molecular weight excluding hydrogens is 410 g/mol. The average Bonchev–Trinajstić information content (AvgIpc) is 3.19. The maximum atomic E-state index is 5.51. The topological polar surface area (TPSA) is 57.3 Å². The Morgan fingerprint density at radius 1 is 0.935 bits per heavy atom. The molecule has 0 N–H and O–H groups in total. The van der Waals surface area contributed by atoms with Crippen LogP contribution in [0.15, 0.2) is 51.9 Å². The highest BCUT2D eigenvalue weighted by Gasteiger charge is 2.17. The van der Waals surface area contributed by atoms with Crippen molar-refractivity contribution in [1.82, 2.24) is 4.68 Å². The molecule has 0 aliphatic heterocycles. The number of aromatic nitrogens is 1. The molecule has 0 amide bonds. The molecule has 2 aromatic carbocycles. The summed E-state index contributed by atoms with van der Waals surface area (Å²) in [6, 6.07) is 12.3. The first kappa shape index (κ1) is 22.6. The second-order valence-corrected chi connectivity index (χ2v) is 8.81. The molecule has 0 fully saturated rings. The van der Waals surface area contributed by atoms with Crippen LogP contribution in [0, 0.1) is 0 Å². The van der Waals surface area contributed by atoms with Crippen LogP contribution in [0.25, 0.3) is 11.3 Å². The molecule has 1 aromatic heterocycles. The molecule has 3 rings (SSSR count). The maximum absolute atomic E-state index is 5.51. The Morgan fingerprint density at radius 2 is 1.55 bits per heavy atom. The summed E-state index contributed by atoms with van der Waals surface area (Å²) in [5.41, 5.74) is 4.19. The summed E-state index contributed by atoms with van der Waals surface area (Å²) >= 11 is 1.52. The number of rotatable bonds is 6. The molecule has 31 heavy (non-hydrogen) atoms. The van der Waals surface area contributed by atoms with Gasteiger partial charge in [-0.3, -0.25) is 4.99 Å². The van der Waals surface area contributed by atoms with Gasteiger partial charge in [-0.1, -0.05) is 45.0 Å². The van der Waals surface area contributed by atoms with Crippen molar-refractivity contribution < 1.29 is 14.2 Å². The third-order valence-electron chi connectivity index (χ3n) is 4.94. The predicted octanol–water partition coefficient (Wildman–Crippen LogP) is 4.95. The van der Waals surface area contributed by atoms with Crippen LogP contribution >= 0.6 is 11.3 Å². The predicted molar refractivity (Wildman–Crippen MR) is 127 cm³/mol. The molecule has 0 saturated carbocycles. The fourth-order valence-corrected chi connectivity index (χ4v) is 3.99. The van der Waals surface area contributed by atoms with E-state index in [9.17, 15) is 0 Å². The standard InChI is InChI=1S/C24H29N3O3S/c1-24(2,3)18-10-8-16(9-11-18)14-26-27-19(15-31-23(27)25-4)17-12-20(28-5)22(30-7)21(13-17)29-6/h8-15H,1-7H3. The lowest BCUT2D eigenvalue weighted by atomic mass is 9.87. The molecule has 0 spiro atoms. The van der Waals surface area contributed by atoms with Gasteiger partial charge in [-0.25, -0.2) is 4.68 Å². The third kappa shape index (κ3) is 4.82. The van der Waals surface area contributed by atoms with Crippen LogP contribution in [0.2, 0.25) is 0 Å². The van der Waals surface area contributed by atoms with Crippen LogP contribution in [-0.4, -0.2) is 39.3 Å². The maximum Gasteiger partial charge on any atom is 0.205 e. The number of nitrogens with zero attached hydrogens (tertiary/aromatic N) is 3. The summed E-state index contributed by atoms with van der Waals surface area (Å²) in [5, 5.41) is 6.74. The van der Waals surface area contributed by atoms with Crippen molar-refractivity contribution in [1.29, 1.82) is 0 Å².